The monoisotopic (exact) mass is 256 g/mol. The minimum Gasteiger partial charge on any atom is -0.494 e. The first-order valence-corrected chi connectivity index (χ1v) is 6.46. The number of thiazole rings is 1. The van der Waals surface area contributed by atoms with Crippen molar-refractivity contribution in [3.05, 3.63) is 41.5 Å². The minimum absolute atomic E-state index is 0.781. The molecular formula is C14H12N2OS. The molecule has 0 aliphatic heterocycles. The van der Waals surface area contributed by atoms with Crippen LogP contribution in [-0.4, -0.2) is 17.1 Å². The fraction of sp³-hybridized carbons (Fsp3) is 0.143. The minimum atomic E-state index is 0.781. The standard InChI is InChI=1S/C14H12N2OS/c1-9-16-11-8-10(5-6-13(11)18-9)14-12(17-2)4-3-7-15-14/h3-8H,1-2H3. The largest absolute Gasteiger partial charge is 0.494 e. The second-order valence-electron chi connectivity index (χ2n) is 3.97. The molecule has 2 heterocycles. The second kappa shape index (κ2) is 4.38. The summed E-state index contributed by atoms with van der Waals surface area (Å²) in [4.78, 5) is 8.89. The predicted octanol–water partition coefficient (Wildman–Crippen LogP) is 3.68. The van der Waals surface area contributed by atoms with Gasteiger partial charge in [0.1, 0.15) is 11.4 Å². The van der Waals surface area contributed by atoms with Crippen molar-refractivity contribution in [1.29, 1.82) is 0 Å². The van der Waals surface area contributed by atoms with Gasteiger partial charge in [0.2, 0.25) is 0 Å². The Labute approximate surface area is 109 Å². The molecule has 0 radical (unpaired) electrons. The Morgan fingerprint density at radius 1 is 1.22 bits per heavy atom. The average Bonchev–Trinajstić information content (AvgIpc) is 2.77. The van der Waals surface area contributed by atoms with E-state index in [0.717, 1.165) is 27.5 Å². The lowest BCUT2D eigenvalue weighted by Gasteiger charge is -2.06. The number of hydrogen-bond acceptors (Lipinski definition) is 4. The van der Waals surface area contributed by atoms with Crippen LogP contribution in [0.3, 0.4) is 0 Å². The predicted molar refractivity (Wildman–Crippen MR) is 74.1 cm³/mol. The lowest BCUT2D eigenvalue weighted by Crippen LogP contribution is -1.90. The lowest BCUT2D eigenvalue weighted by molar-refractivity contribution is 0.415. The van der Waals surface area contributed by atoms with E-state index in [0.29, 0.717) is 0 Å². The van der Waals surface area contributed by atoms with Gasteiger partial charge < -0.3 is 4.74 Å². The zero-order valence-electron chi connectivity index (χ0n) is 10.2. The van der Waals surface area contributed by atoms with Gasteiger partial charge in [0.25, 0.3) is 0 Å². The smallest absolute Gasteiger partial charge is 0.145 e. The SMILES string of the molecule is COc1cccnc1-c1ccc2sc(C)nc2c1. The molecule has 0 aliphatic rings. The molecule has 0 saturated heterocycles. The number of pyridine rings is 1. The van der Waals surface area contributed by atoms with Crippen LogP contribution in [0.5, 0.6) is 5.75 Å². The third-order valence-corrected chi connectivity index (χ3v) is 3.71. The second-order valence-corrected chi connectivity index (χ2v) is 5.20. The quantitative estimate of drug-likeness (QED) is 0.701. The van der Waals surface area contributed by atoms with E-state index in [2.05, 4.69) is 28.2 Å². The van der Waals surface area contributed by atoms with Crippen molar-refractivity contribution in [3.63, 3.8) is 0 Å². The van der Waals surface area contributed by atoms with Crippen LogP contribution in [0.2, 0.25) is 0 Å². The number of aryl methyl sites for hydroxylation is 1. The van der Waals surface area contributed by atoms with Crippen molar-refractivity contribution in [2.24, 2.45) is 0 Å². The zero-order valence-corrected chi connectivity index (χ0v) is 11.0. The maximum atomic E-state index is 5.34. The molecule has 0 N–H and O–H groups in total. The number of aromatic nitrogens is 2. The van der Waals surface area contributed by atoms with Gasteiger partial charge in [0, 0.05) is 11.8 Å². The summed E-state index contributed by atoms with van der Waals surface area (Å²) in [5.74, 6) is 0.781. The molecule has 1 aromatic carbocycles. The van der Waals surface area contributed by atoms with Gasteiger partial charge in [0.05, 0.1) is 22.3 Å². The van der Waals surface area contributed by atoms with Crippen LogP contribution in [0.25, 0.3) is 21.5 Å². The highest BCUT2D eigenvalue weighted by atomic mass is 32.1. The number of rotatable bonds is 2. The molecule has 2 aromatic heterocycles. The summed E-state index contributed by atoms with van der Waals surface area (Å²) in [7, 11) is 1.66. The Morgan fingerprint density at radius 3 is 2.94 bits per heavy atom. The van der Waals surface area contributed by atoms with Crippen LogP contribution >= 0.6 is 11.3 Å². The summed E-state index contributed by atoms with van der Waals surface area (Å²) in [5, 5.41) is 1.08. The number of ether oxygens (including phenoxy) is 1. The maximum Gasteiger partial charge on any atom is 0.145 e. The van der Waals surface area contributed by atoms with E-state index < -0.39 is 0 Å². The number of fused-ring (bicyclic) bond motifs is 1. The number of benzene rings is 1. The molecule has 0 fully saturated rings. The third-order valence-electron chi connectivity index (χ3n) is 2.76. The van der Waals surface area contributed by atoms with Crippen molar-refractivity contribution in [2.45, 2.75) is 6.92 Å². The lowest BCUT2D eigenvalue weighted by atomic mass is 10.1. The van der Waals surface area contributed by atoms with Crippen LogP contribution in [0.1, 0.15) is 5.01 Å². The topological polar surface area (TPSA) is 35.0 Å². The maximum absolute atomic E-state index is 5.34. The molecular weight excluding hydrogens is 244 g/mol. The average molecular weight is 256 g/mol. The summed E-state index contributed by atoms with van der Waals surface area (Å²) in [6.07, 6.45) is 1.77. The fourth-order valence-electron chi connectivity index (χ4n) is 1.96. The Hall–Kier alpha value is -1.94. The molecule has 0 unspecified atom stereocenters. The Balaban J connectivity index is 2.18. The molecule has 3 aromatic rings. The van der Waals surface area contributed by atoms with E-state index in [1.807, 2.05) is 19.1 Å². The molecule has 3 rings (SSSR count). The van der Waals surface area contributed by atoms with Crippen molar-refractivity contribution in [3.8, 4) is 17.0 Å². The van der Waals surface area contributed by atoms with Crippen LogP contribution in [0.15, 0.2) is 36.5 Å². The molecule has 0 bridgehead atoms. The summed E-state index contributed by atoms with van der Waals surface area (Å²) >= 11 is 1.70. The Kier molecular flexibility index (Phi) is 2.72. The first-order valence-electron chi connectivity index (χ1n) is 5.64. The normalized spacial score (nSPS) is 10.8. The Morgan fingerprint density at radius 2 is 2.11 bits per heavy atom. The molecule has 4 heteroatoms. The molecule has 0 atom stereocenters. The highest BCUT2D eigenvalue weighted by Gasteiger charge is 2.08. The summed E-state index contributed by atoms with van der Waals surface area (Å²) in [5.41, 5.74) is 2.90. The molecule has 0 spiro atoms. The van der Waals surface area contributed by atoms with Gasteiger partial charge in [-0.15, -0.1) is 11.3 Å². The highest BCUT2D eigenvalue weighted by molar-refractivity contribution is 7.18. The van der Waals surface area contributed by atoms with E-state index in [1.165, 1.54) is 4.70 Å². The third kappa shape index (κ3) is 1.84. The first-order chi connectivity index (χ1) is 8.78. The van der Waals surface area contributed by atoms with E-state index in [1.54, 1.807) is 24.6 Å². The molecule has 3 nitrogen and oxygen atoms in total. The Bertz CT molecular complexity index is 706. The van der Waals surface area contributed by atoms with Crippen LogP contribution < -0.4 is 4.74 Å². The molecule has 90 valence electrons. The van der Waals surface area contributed by atoms with Crippen molar-refractivity contribution in [1.82, 2.24) is 9.97 Å². The van der Waals surface area contributed by atoms with Crippen LogP contribution in [-0.2, 0) is 0 Å². The zero-order chi connectivity index (χ0) is 12.5. The van der Waals surface area contributed by atoms with E-state index in [4.69, 9.17) is 4.74 Å². The number of methoxy groups -OCH3 is 1. The van der Waals surface area contributed by atoms with Crippen LogP contribution in [0, 0.1) is 6.92 Å². The summed E-state index contributed by atoms with van der Waals surface area (Å²) in [6.45, 7) is 2.02. The number of hydrogen-bond donors (Lipinski definition) is 0. The molecule has 0 aliphatic carbocycles. The van der Waals surface area contributed by atoms with E-state index in [9.17, 15) is 0 Å². The first kappa shape index (κ1) is 11.2. The van der Waals surface area contributed by atoms with Crippen LogP contribution in [0.4, 0.5) is 0 Å². The number of nitrogens with zero attached hydrogens (tertiary/aromatic N) is 2. The summed E-state index contributed by atoms with van der Waals surface area (Å²) < 4.78 is 6.54. The van der Waals surface area contributed by atoms with Gasteiger partial charge in [-0.2, -0.15) is 0 Å². The summed E-state index contributed by atoms with van der Waals surface area (Å²) in [6, 6.07) is 9.99. The van der Waals surface area contributed by atoms with E-state index >= 15 is 0 Å². The van der Waals surface area contributed by atoms with Gasteiger partial charge in [-0.3, -0.25) is 4.98 Å². The van der Waals surface area contributed by atoms with Gasteiger partial charge in [-0.25, -0.2) is 4.98 Å². The van der Waals surface area contributed by atoms with Gasteiger partial charge in [-0.05, 0) is 31.2 Å². The van der Waals surface area contributed by atoms with E-state index in [-0.39, 0.29) is 0 Å². The highest BCUT2D eigenvalue weighted by Crippen LogP contribution is 2.31. The van der Waals surface area contributed by atoms with Gasteiger partial charge in [-0.1, -0.05) is 6.07 Å². The van der Waals surface area contributed by atoms with Gasteiger partial charge >= 0.3 is 0 Å². The van der Waals surface area contributed by atoms with Crippen molar-refractivity contribution < 1.29 is 4.74 Å². The van der Waals surface area contributed by atoms with Crippen molar-refractivity contribution >= 4 is 21.6 Å². The fourth-order valence-corrected chi connectivity index (χ4v) is 2.77. The molecule has 18 heavy (non-hydrogen) atoms. The van der Waals surface area contributed by atoms with Gasteiger partial charge in [0.15, 0.2) is 0 Å². The van der Waals surface area contributed by atoms with Crippen molar-refractivity contribution in [2.75, 3.05) is 7.11 Å². The molecule has 0 amide bonds. The molecule has 0 saturated carbocycles.